The van der Waals surface area contributed by atoms with Crippen LogP contribution < -0.4 is 10.6 Å². The number of aromatic nitrogens is 2. The number of fused-ring (bicyclic) bond motifs is 1. The maximum absolute atomic E-state index is 11.1. The Labute approximate surface area is 110 Å². The molecule has 0 aliphatic heterocycles. The van der Waals surface area contributed by atoms with Gasteiger partial charge in [-0.3, -0.25) is 0 Å². The predicted octanol–water partition coefficient (Wildman–Crippen LogP) is 1.95. The first-order valence-electron chi connectivity index (χ1n) is 5.88. The summed E-state index contributed by atoms with van der Waals surface area (Å²) in [6.07, 6.45) is 1.47. The van der Waals surface area contributed by atoms with E-state index >= 15 is 0 Å². The van der Waals surface area contributed by atoms with Crippen LogP contribution in [0.3, 0.4) is 0 Å². The minimum Gasteiger partial charge on any atom is -0.480 e. The quantitative estimate of drug-likeness (QED) is 0.778. The first-order valence-corrected chi connectivity index (χ1v) is 5.88. The van der Waals surface area contributed by atoms with Crippen molar-refractivity contribution in [3.05, 3.63) is 24.5 Å². The van der Waals surface area contributed by atoms with E-state index in [1.165, 1.54) is 6.33 Å². The van der Waals surface area contributed by atoms with Crippen LogP contribution in [-0.2, 0) is 4.79 Å². The highest BCUT2D eigenvalue weighted by atomic mass is 16.4. The Balaban J connectivity index is 2.40. The van der Waals surface area contributed by atoms with Crippen molar-refractivity contribution in [3.63, 3.8) is 0 Å². The number of carboxylic acids is 1. The lowest BCUT2D eigenvalue weighted by Crippen LogP contribution is -2.39. The average Bonchev–Trinajstić information content (AvgIpc) is 2.37. The van der Waals surface area contributed by atoms with Crippen LogP contribution >= 0.6 is 0 Å². The van der Waals surface area contributed by atoms with Gasteiger partial charge in [0.25, 0.3) is 0 Å². The third-order valence-electron chi connectivity index (χ3n) is 2.86. The fourth-order valence-corrected chi connectivity index (χ4v) is 1.75. The number of hydrogen-bond acceptors (Lipinski definition) is 5. The van der Waals surface area contributed by atoms with E-state index in [-0.39, 0.29) is 0 Å². The van der Waals surface area contributed by atoms with Crippen molar-refractivity contribution in [2.24, 2.45) is 0 Å². The van der Waals surface area contributed by atoms with E-state index in [4.69, 9.17) is 5.11 Å². The summed E-state index contributed by atoms with van der Waals surface area (Å²) < 4.78 is 0. The maximum atomic E-state index is 11.1. The Kier molecular flexibility index (Phi) is 3.25. The number of anilines is 2. The second kappa shape index (κ2) is 4.72. The molecular formula is C13H16N4O2. The molecule has 3 N–H and O–H groups in total. The molecule has 6 nitrogen and oxygen atoms in total. The Morgan fingerprint density at radius 1 is 1.32 bits per heavy atom. The Bertz CT molecular complexity index is 625. The predicted molar refractivity (Wildman–Crippen MR) is 74.4 cm³/mol. The average molecular weight is 260 g/mol. The molecule has 0 radical (unpaired) electrons. The third-order valence-corrected chi connectivity index (χ3v) is 2.86. The van der Waals surface area contributed by atoms with Gasteiger partial charge in [0.2, 0.25) is 0 Å². The number of carbonyl (C=O) groups is 1. The largest absolute Gasteiger partial charge is 0.480 e. The molecule has 2 rings (SSSR count). The van der Waals surface area contributed by atoms with Crippen molar-refractivity contribution >= 4 is 28.4 Å². The molecule has 0 unspecified atom stereocenters. The van der Waals surface area contributed by atoms with Crippen LogP contribution in [0.5, 0.6) is 0 Å². The summed E-state index contributed by atoms with van der Waals surface area (Å²) in [7, 11) is 1.79. The van der Waals surface area contributed by atoms with Gasteiger partial charge in [0.1, 0.15) is 17.7 Å². The van der Waals surface area contributed by atoms with Crippen LogP contribution in [0.2, 0.25) is 0 Å². The number of nitrogens with zero attached hydrogens (tertiary/aromatic N) is 2. The van der Waals surface area contributed by atoms with E-state index in [0.29, 0.717) is 5.69 Å². The number of aliphatic carboxylic acids is 1. The molecule has 0 aliphatic carbocycles. The van der Waals surface area contributed by atoms with Gasteiger partial charge in [-0.05, 0) is 32.0 Å². The zero-order valence-electron chi connectivity index (χ0n) is 11.1. The van der Waals surface area contributed by atoms with Gasteiger partial charge in [-0.25, -0.2) is 14.8 Å². The van der Waals surface area contributed by atoms with Crippen molar-refractivity contribution in [2.75, 3.05) is 17.7 Å². The fourth-order valence-electron chi connectivity index (χ4n) is 1.75. The highest BCUT2D eigenvalue weighted by Gasteiger charge is 2.26. The molecule has 0 fully saturated rings. The highest BCUT2D eigenvalue weighted by Crippen LogP contribution is 2.24. The molecule has 0 amide bonds. The third kappa shape index (κ3) is 2.57. The monoisotopic (exact) mass is 260 g/mol. The van der Waals surface area contributed by atoms with Gasteiger partial charge < -0.3 is 15.7 Å². The van der Waals surface area contributed by atoms with Crippen LogP contribution in [0.15, 0.2) is 24.5 Å². The van der Waals surface area contributed by atoms with Gasteiger partial charge in [-0.15, -0.1) is 0 Å². The molecule has 0 spiro atoms. The molecule has 0 saturated heterocycles. The van der Waals surface area contributed by atoms with Crippen LogP contribution in [0.1, 0.15) is 13.8 Å². The van der Waals surface area contributed by atoms with Gasteiger partial charge in [0.05, 0.1) is 5.52 Å². The molecule has 19 heavy (non-hydrogen) atoms. The Hall–Kier alpha value is -2.37. The number of hydrogen-bond donors (Lipinski definition) is 3. The lowest BCUT2D eigenvalue weighted by Gasteiger charge is -2.22. The molecule has 0 aliphatic rings. The second-order valence-corrected chi connectivity index (χ2v) is 4.76. The van der Waals surface area contributed by atoms with Crippen LogP contribution in [0, 0.1) is 0 Å². The summed E-state index contributed by atoms with van der Waals surface area (Å²) in [5.41, 5.74) is 0.429. The highest BCUT2D eigenvalue weighted by molar-refractivity contribution is 5.91. The minimum absolute atomic E-state index is 0.709. The number of carboxylic acid groups (broad SMARTS) is 1. The van der Waals surface area contributed by atoms with E-state index < -0.39 is 11.5 Å². The molecule has 1 aromatic heterocycles. The molecule has 6 heteroatoms. The zero-order valence-corrected chi connectivity index (χ0v) is 11.1. The summed E-state index contributed by atoms with van der Waals surface area (Å²) in [4.78, 5) is 19.4. The lowest BCUT2D eigenvalue weighted by atomic mass is 10.1. The van der Waals surface area contributed by atoms with Gasteiger partial charge in [0.15, 0.2) is 0 Å². The van der Waals surface area contributed by atoms with Crippen molar-refractivity contribution in [1.29, 1.82) is 0 Å². The molecule has 0 saturated carbocycles. The zero-order chi connectivity index (χ0) is 14.0. The molecule has 0 bridgehead atoms. The normalized spacial score (nSPS) is 11.3. The first kappa shape index (κ1) is 13.1. The van der Waals surface area contributed by atoms with Gasteiger partial charge in [0, 0.05) is 18.1 Å². The van der Waals surface area contributed by atoms with Crippen molar-refractivity contribution in [1.82, 2.24) is 9.97 Å². The van der Waals surface area contributed by atoms with E-state index in [1.54, 1.807) is 20.9 Å². The number of nitrogens with one attached hydrogen (secondary N) is 2. The van der Waals surface area contributed by atoms with E-state index in [0.717, 1.165) is 16.7 Å². The van der Waals surface area contributed by atoms with Gasteiger partial charge in [-0.2, -0.15) is 0 Å². The summed E-state index contributed by atoms with van der Waals surface area (Å²) in [6.45, 7) is 3.22. The van der Waals surface area contributed by atoms with E-state index in [2.05, 4.69) is 20.6 Å². The molecule has 1 aromatic carbocycles. The van der Waals surface area contributed by atoms with Gasteiger partial charge in [-0.1, -0.05) is 0 Å². The molecule has 100 valence electrons. The van der Waals surface area contributed by atoms with Gasteiger partial charge >= 0.3 is 5.97 Å². The van der Waals surface area contributed by atoms with Crippen molar-refractivity contribution in [3.8, 4) is 0 Å². The summed E-state index contributed by atoms with van der Waals surface area (Å²) in [5, 5.41) is 15.9. The van der Waals surface area contributed by atoms with Crippen molar-refractivity contribution in [2.45, 2.75) is 19.4 Å². The van der Waals surface area contributed by atoms with Crippen LogP contribution in [0.4, 0.5) is 11.5 Å². The lowest BCUT2D eigenvalue weighted by molar-refractivity contribution is -0.141. The molecule has 1 heterocycles. The van der Waals surface area contributed by atoms with E-state index in [1.807, 2.05) is 18.2 Å². The summed E-state index contributed by atoms with van der Waals surface area (Å²) in [5.74, 6) is -0.166. The minimum atomic E-state index is -1.04. The number of rotatable bonds is 4. The number of benzene rings is 1. The smallest absolute Gasteiger partial charge is 0.328 e. The van der Waals surface area contributed by atoms with Crippen LogP contribution in [0.25, 0.3) is 10.9 Å². The summed E-state index contributed by atoms with van der Waals surface area (Å²) >= 11 is 0. The topological polar surface area (TPSA) is 87.1 Å². The van der Waals surface area contributed by atoms with E-state index in [9.17, 15) is 4.79 Å². The second-order valence-electron chi connectivity index (χ2n) is 4.76. The molecule has 0 atom stereocenters. The Morgan fingerprint density at radius 3 is 2.68 bits per heavy atom. The SMILES string of the molecule is CNc1ncnc2cc(NC(C)(C)C(=O)O)ccc12. The maximum Gasteiger partial charge on any atom is 0.328 e. The Morgan fingerprint density at radius 2 is 2.05 bits per heavy atom. The van der Waals surface area contributed by atoms with Crippen LogP contribution in [-0.4, -0.2) is 33.6 Å². The van der Waals surface area contributed by atoms with Crippen molar-refractivity contribution < 1.29 is 9.90 Å². The summed E-state index contributed by atoms with van der Waals surface area (Å²) in [6, 6.07) is 5.49. The standard InChI is InChI=1S/C13H16N4O2/c1-13(2,12(18)19)17-8-4-5-9-10(6-8)15-7-16-11(9)14-3/h4-7,17H,1-3H3,(H,18,19)(H,14,15,16). The molecule has 2 aromatic rings. The molecular weight excluding hydrogens is 244 g/mol. The fraction of sp³-hybridized carbons (Fsp3) is 0.308. The first-order chi connectivity index (χ1) is 8.94.